The minimum atomic E-state index is -0.300. The van der Waals surface area contributed by atoms with Crippen LogP contribution in [0.2, 0.25) is 5.02 Å². The Morgan fingerprint density at radius 1 is 1.16 bits per heavy atom. The minimum Gasteiger partial charge on any atom is -0.355 e. The van der Waals surface area contributed by atoms with Gasteiger partial charge in [-0.25, -0.2) is 9.97 Å². The maximum absolute atomic E-state index is 12.6. The molecular weight excluding hydrogens is 444 g/mol. The highest BCUT2D eigenvalue weighted by molar-refractivity contribution is 7.99. The summed E-state index contributed by atoms with van der Waals surface area (Å²) < 4.78 is 0. The zero-order valence-corrected chi connectivity index (χ0v) is 19.6. The lowest BCUT2D eigenvalue weighted by atomic mass is 9.91. The number of carbonyl (C=O) groups excluding carboxylic acids is 1. The Bertz CT molecular complexity index is 1110. The van der Waals surface area contributed by atoms with E-state index in [1.54, 1.807) is 30.7 Å². The molecule has 1 aromatic carbocycles. The van der Waals surface area contributed by atoms with Crippen LogP contribution >= 0.6 is 23.4 Å². The highest BCUT2D eigenvalue weighted by Crippen LogP contribution is 2.37. The summed E-state index contributed by atoms with van der Waals surface area (Å²) in [5.74, 6) is 0.550. The Kier molecular flexibility index (Phi) is 6.64. The van der Waals surface area contributed by atoms with E-state index in [9.17, 15) is 4.79 Å². The first-order valence-electron chi connectivity index (χ1n) is 10.4. The molecule has 0 saturated carbocycles. The quantitative estimate of drug-likeness (QED) is 0.566. The second-order valence-electron chi connectivity index (χ2n) is 8.20. The van der Waals surface area contributed by atoms with Crippen molar-refractivity contribution in [3.05, 3.63) is 65.2 Å². The molecule has 4 rings (SSSR count). The van der Waals surface area contributed by atoms with E-state index < -0.39 is 0 Å². The molecule has 1 aliphatic heterocycles. The molecule has 0 bridgehead atoms. The van der Waals surface area contributed by atoms with Gasteiger partial charge in [0.2, 0.25) is 0 Å². The summed E-state index contributed by atoms with van der Waals surface area (Å²) >= 11 is 7.98. The third-order valence-electron chi connectivity index (χ3n) is 5.49. The first kappa shape index (κ1) is 22.5. The van der Waals surface area contributed by atoms with Crippen LogP contribution in [0.15, 0.2) is 58.8 Å². The average Bonchev–Trinajstić information content (AvgIpc) is 2.77. The monoisotopic (exact) mass is 468 g/mol. The van der Waals surface area contributed by atoms with Crippen LogP contribution in [-0.4, -0.2) is 39.5 Å². The number of aryl methyl sites for hydroxylation is 1. The van der Waals surface area contributed by atoms with Crippen molar-refractivity contribution in [2.24, 2.45) is 5.73 Å². The molecule has 0 spiro atoms. The molecule has 0 radical (unpaired) electrons. The minimum absolute atomic E-state index is 0.105. The summed E-state index contributed by atoms with van der Waals surface area (Å²) in [6.45, 7) is 5.68. The van der Waals surface area contributed by atoms with Crippen LogP contribution in [0.3, 0.4) is 0 Å². The van der Waals surface area contributed by atoms with E-state index in [0.717, 1.165) is 47.2 Å². The molecule has 1 fully saturated rings. The van der Waals surface area contributed by atoms with Crippen molar-refractivity contribution in [1.29, 1.82) is 0 Å². The molecule has 9 heteroatoms. The van der Waals surface area contributed by atoms with Gasteiger partial charge in [0.1, 0.15) is 16.5 Å². The number of nitrogens with two attached hydrogens (primary N) is 1. The Balaban J connectivity index is 1.45. The molecule has 3 N–H and O–H groups in total. The number of benzene rings is 1. The summed E-state index contributed by atoms with van der Waals surface area (Å²) in [5, 5.41) is 4.02. The van der Waals surface area contributed by atoms with Gasteiger partial charge in [0, 0.05) is 29.7 Å². The van der Waals surface area contributed by atoms with Crippen LogP contribution in [0.4, 0.5) is 11.5 Å². The number of nitrogens with one attached hydrogen (secondary N) is 1. The number of nitrogens with zero attached hydrogens (tertiary/aromatic N) is 4. The number of rotatable bonds is 5. The van der Waals surface area contributed by atoms with Gasteiger partial charge < -0.3 is 16.0 Å². The SMILES string of the molecule is Cc1cccnc1C(=O)Nc1cccc(Sc2cnc(N3CCC(C)(N)CC3)cn2)c1Cl. The third-order valence-corrected chi connectivity index (χ3v) is 6.99. The lowest BCUT2D eigenvalue weighted by molar-refractivity contribution is 0.102. The molecule has 0 aliphatic carbocycles. The number of hydrogen-bond donors (Lipinski definition) is 2. The van der Waals surface area contributed by atoms with Crippen LogP contribution < -0.4 is 16.0 Å². The van der Waals surface area contributed by atoms with Gasteiger partial charge in [0.15, 0.2) is 0 Å². The van der Waals surface area contributed by atoms with Crippen molar-refractivity contribution >= 4 is 40.8 Å². The van der Waals surface area contributed by atoms with Gasteiger partial charge in [-0.1, -0.05) is 35.5 Å². The molecule has 1 saturated heterocycles. The van der Waals surface area contributed by atoms with E-state index in [2.05, 4.69) is 32.1 Å². The highest BCUT2D eigenvalue weighted by Gasteiger charge is 2.26. The number of hydrogen-bond acceptors (Lipinski definition) is 7. The fourth-order valence-electron chi connectivity index (χ4n) is 3.48. The van der Waals surface area contributed by atoms with Crippen LogP contribution in [0.25, 0.3) is 0 Å². The van der Waals surface area contributed by atoms with Crippen molar-refractivity contribution in [2.45, 2.75) is 42.1 Å². The predicted octanol–water partition coefficient (Wildman–Crippen LogP) is 4.55. The van der Waals surface area contributed by atoms with Gasteiger partial charge in [-0.15, -0.1) is 0 Å². The van der Waals surface area contributed by atoms with Gasteiger partial charge in [0.05, 0.1) is 23.1 Å². The fourth-order valence-corrected chi connectivity index (χ4v) is 4.55. The fraction of sp³-hybridized carbons (Fsp3) is 0.304. The van der Waals surface area contributed by atoms with Crippen LogP contribution in [0.1, 0.15) is 35.8 Å². The van der Waals surface area contributed by atoms with Gasteiger partial charge in [0.25, 0.3) is 5.91 Å². The van der Waals surface area contributed by atoms with Crippen LogP contribution in [0, 0.1) is 6.92 Å². The number of aromatic nitrogens is 3. The molecule has 3 heterocycles. The second-order valence-corrected chi connectivity index (χ2v) is 9.64. The largest absolute Gasteiger partial charge is 0.355 e. The second kappa shape index (κ2) is 9.44. The molecule has 2 aromatic heterocycles. The lowest BCUT2D eigenvalue weighted by Crippen LogP contribution is -2.48. The normalized spacial score (nSPS) is 15.4. The van der Waals surface area contributed by atoms with Crippen molar-refractivity contribution < 1.29 is 4.79 Å². The molecule has 32 heavy (non-hydrogen) atoms. The maximum Gasteiger partial charge on any atom is 0.274 e. The van der Waals surface area contributed by atoms with E-state index in [4.69, 9.17) is 17.3 Å². The standard InChI is InChI=1S/C23H25ClN6OS/c1-15-5-4-10-26-21(15)22(31)29-16-6-3-7-17(20(16)24)32-19-14-27-18(13-28-19)30-11-8-23(2,25)9-12-30/h3-7,10,13-14H,8-9,11-12,25H2,1-2H3,(H,29,31). The van der Waals surface area contributed by atoms with E-state index >= 15 is 0 Å². The summed E-state index contributed by atoms with van der Waals surface area (Å²) in [6.07, 6.45) is 6.98. The average molecular weight is 469 g/mol. The van der Waals surface area contributed by atoms with E-state index in [1.807, 2.05) is 25.1 Å². The first-order chi connectivity index (χ1) is 15.3. The number of carbonyl (C=O) groups is 1. The molecule has 166 valence electrons. The van der Waals surface area contributed by atoms with E-state index in [1.165, 1.54) is 11.8 Å². The Morgan fingerprint density at radius 2 is 1.94 bits per heavy atom. The zero-order chi connectivity index (χ0) is 22.7. The lowest BCUT2D eigenvalue weighted by Gasteiger charge is -2.37. The smallest absolute Gasteiger partial charge is 0.274 e. The molecule has 0 unspecified atom stereocenters. The summed E-state index contributed by atoms with van der Waals surface area (Å²) in [7, 11) is 0. The Hall–Kier alpha value is -2.68. The van der Waals surface area contributed by atoms with Crippen LogP contribution in [0.5, 0.6) is 0 Å². The zero-order valence-electron chi connectivity index (χ0n) is 18.0. The highest BCUT2D eigenvalue weighted by atomic mass is 35.5. The predicted molar refractivity (Wildman–Crippen MR) is 129 cm³/mol. The van der Waals surface area contributed by atoms with Crippen molar-refractivity contribution in [2.75, 3.05) is 23.3 Å². The molecule has 7 nitrogen and oxygen atoms in total. The molecular formula is C23H25ClN6OS. The maximum atomic E-state index is 12.6. The van der Waals surface area contributed by atoms with Crippen molar-refractivity contribution in [1.82, 2.24) is 15.0 Å². The number of anilines is 2. The third kappa shape index (κ3) is 5.20. The van der Waals surface area contributed by atoms with Gasteiger partial charge in [-0.2, -0.15) is 0 Å². The topological polar surface area (TPSA) is 97.0 Å². The van der Waals surface area contributed by atoms with E-state index in [-0.39, 0.29) is 11.4 Å². The molecule has 1 amide bonds. The number of halogens is 1. The van der Waals surface area contributed by atoms with Gasteiger partial charge in [-0.05, 0) is 50.5 Å². The number of pyridine rings is 1. The molecule has 0 atom stereocenters. The van der Waals surface area contributed by atoms with Gasteiger partial charge in [-0.3, -0.25) is 9.78 Å². The Labute approximate surface area is 196 Å². The van der Waals surface area contributed by atoms with Gasteiger partial charge >= 0.3 is 0 Å². The summed E-state index contributed by atoms with van der Waals surface area (Å²) in [5.41, 5.74) is 7.80. The molecule has 3 aromatic rings. The van der Waals surface area contributed by atoms with Crippen molar-refractivity contribution in [3.63, 3.8) is 0 Å². The molecule has 1 aliphatic rings. The summed E-state index contributed by atoms with van der Waals surface area (Å²) in [6, 6.07) is 9.13. The van der Waals surface area contributed by atoms with Crippen molar-refractivity contribution in [3.8, 4) is 0 Å². The Morgan fingerprint density at radius 3 is 2.62 bits per heavy atom. The van der Waals surface area contributed by atoms with E-state index in [0.29, 0.717) is 16.4 Å². The number of amides is 1. The first-order valence-corrected chi connectivity index (χ1v) is 11.6. The number of piperidine rings is 1. The van der Waals surface area contributed by atoms with Crippen LogP contribution in [-0.2, 0) is 0 Å². The summed E-state index contributed by atoms with van der Waals surface area (Å²) in [4.78, 5) is 28.9.